The van der Waals surface area contributed by atoms with E-state index in [0.717, 1.165) is 21.1 Å². The van der Waals surface area contributed by atoms with Gasteiger partial charge in [-0.3, -0.25) is 0 Å². The van der Waals surface area contributed by atoms with Gasteiger partial charge in [-0.15, -0.1) is 0 Å². The molecule has 0 fully saturated rings. The number of aliphatic hydroxyl groups excluding tert-OH is 1. The van der Waals surface area contributed by atoms with Crippen molar-refractivity contribution in [3.63, 3.8) is 0 Å². The Morgan fingerprint density at radius 1 is 1.42 bits per heavy atom. The van der Waals surface area contributed by atoms with Crippen LogP contribution in [0.5, 0.6) is 0 Å². The summed E-state index contributed by atoms with van der Waals surface area (Å²) in [6.07, 6.45) is 1.96. The van der Waals surface area contributed by atoms with Crippen molar-refractivity contribution >= 4 is 36.7 Å². The first-order valence-electron chi connectivity index (χ1n) is 5.98. The van der Waals surface area contributed by atoms with E-state index in [1.165, 1.54) is 6.26 Å². The summed E-state index contributed by atoms with van der Waals surface area (Å²) in [7, 11) is -2.69. The van der Waals surface area contributed by atoms with Gasteiger partial charge in [0, 0.05) is 27.6 Å². The second kappa shape index (κ2) is 5.64. The predicted octanol–water partition coefficient (Wildman–Crippen LogP) is 2.49. The number of fused-ring (bicyclic) bond motifs is 1. The lowest BCUT2D eigenvalue weighted by atomic mass is 10.2. The Morgan fingerprint density at radius 3 is 2.79 bits per heavy atom. The molecule has 0 saturated carbocycles. The van der Waals surface area contributed by atoms with Gasteiger partial charge in [0.1, 0.15) is 0 Å². The van der Waals surface area contributed by atoms with E-state index < -0.39 is 9.84 Å². The zero-order valence-corrected chi connectivity index (χ0v) is 13.1. The molecule has 0 aliphatic heterocycles. The fourth-order valence-electron chi connectivity index (χ4n) is 2.18. The maximum absolute atomic E-state index is 11.3. The van der Waals surface area contributed by atoms with Crippen LogP contribution in [0.25, 0.3) is 10.9 Å². The molecular weight excluding hydrogens is 330 g/mol. The van der Waals surface area contributed by atoms with Crippen molar-refractivity contribution in [3.05, 3.63) is 34.4 Å². The molecule has 19 heavy (non-hydrogen) atoms. The highest BCUT2D eigenvalue weighted by Gasteiger charge is 2.11. The summed E-state index contributed by atoms with van der Waals surface area (Å²) < 4.78 is 23.6. The number of benzene rings is 1. The van der Waals surface area contributed by atoms with Crippen molar-refractivity contribution in [1.29, 1.82) is 0 Å². The van der Waals surface area contributed by atoms with Crippen molar-refractivity contribution in [1.82, 2.24) is 4.57 Å². The summed E-state index contributed by atoms with van der Waals surface area (Å²) in [5, 5.41) is 10.5. The molecule has 4 nitrogen and oxygen atoms in total. The molecule has 0 bridgehead atoms. The van der Waals surface area contributed by atoms with Crippen molar-refractivity contribution in [2.24, 2.45) is 0 Å². The van der Waals surface area contributed by atoms with E-state index in [1.807, 2.05) is 28.8 Å². The van der Waals surface area contributed by atoms with Gasteiger partial charge in [-0.1, -0.05) is 15.9 Å². The summed E-state index contributed by atoms with van der Waals surface area (Å²) >= 11 is 3.42. The highest BCUT2D eigenvalue weighted by molar-refractivity contribution is 9.10. The second-order valence-corrected chi connectivity index (χ2v) is 7.91. The van der Waals surface area contributed by atoms with Gasteiger partial charge in [-0.2, -0.15) is 4.21 Å². The topological polar surface area (TPSA) is 63.6 Å². The quantitative estimate of drug-likeness (QED) is 0.845. The van der Waals surface area contributed by atoms with Gasteiger partial charge in [-0.25, -0.2) is 4.21 Å². The minimum Gasteiger partial charge on any atom is -0.390 e. The molecule has 0 amide bonds. The molecule has 0 aliphatic rings. The Labute approximate surface area is 121 Å². The Bertz CT molecular complexity index is 691. The molecule has 6 heteroatoms. The Kier molecular flexibility index (Phi) is 4.32. The minimum absolute atomic E-state index is 0.0348. The molecule has 1 heterocycles. The Hall–Kier alpha value is -0.850. The SMILES string of the molecule is CS(=O)(=[OH+])CCCn1c(CO)cc2cc(Br)ccc21. The van der Waals surface area contributed by atoms with E-state index in [-0.39, 0.29) is 12.4 Å². The fourth-order valence-corrected chi connectivity index (χ4v) is 3.23. The molecule has 0 spiro atoms. The van der Waals surface area contributed by atoms with Crippen molar-refractivity contribution in [2.75, 3.05) is 12.0 Å². The van der Waals surface area contributed by atoms with E-state index in [9.17, 15) is 13.5 Å². The lowest BCUT2D eigenvalue weighted by molar-refractivity contribution is 0.271. The molecule has 1 aromatic carbocycles. The fraction of sp³-hybridized carbons (Fsp3) is 0.385. The average molecular weight is 347 g/mol. The normalized spacial score (nSPS) is 14.7. The number of nitrogens with zero attached hydrogens (tertiary/aromatic N) is 1. The van der Waals surface area contributed by atoms with Crippen LogP contribution in [0.15, 0.2) is 28.7 Å². The molecule has 2 rings (SSSR count). The van der Waals surface area contributed by atoms with Gasteiger partial charge in [0.2, 0.25) is 0 Å². The van der Waals surface area contributed by atoms with Crippen LogP contribution in [0, 0.1) is 0 Å². The average Bonchev–Trinajstić information content (AvgIpc) is 2.65. The summed E-state index contributed by atoms with van der Waals surface area (Å²) in [6.45, 7) is 0.597. The number of aryl methyl sites for hydroxylation is 1. The van der Waals surface area contributed by atoms with Crippen LogP contribution >= 0.6 is 15.9 Å². The van der Waals surface area contributed by atoms with Gasteiger partial charge in [0.15, 0.2) is 0 Å². The molecule has 1 unspecified atom stereocenters. The molecule has 104 valence electrons. The second-order valence-electron chi connectivity index (χ2n) is 4.67. The lowest BCUT2D eigenvalue weighted by Crippen LogP contribution is -2.09. The maximum Gasteiger partial charge on any atom is 0.270 e. The van der Waals surface area contributed by atoms with Gasteiger partial charge in [-0.05, 0) is 30.7 Å². The van der Waals surface area contributed by atoms with Crippen LogP contribution in [0.1, 0.15) is 12.1 Å². The van der Waals surface area contributed by atoms with E-state index in [0.29, 0.717) is 13.0 Å². The molecular formula is C13H17BrNO3S+. The molecule has 1 atom stereocenters. The number of halogens is 1. The summed E-state index contributed by atoms with van der Waals surface area (Å²) in [6, 6.07) is 7.89. The molecule has 2 aromatic rings. The Morgan fingerprint density at radius 2 is 2.16 bits per heavy atom. The minimum atomic E-state index is -2.69. The first kappa shape index (κ1) is 14.6. The van der Waals surface area contributed by atoms with Crippen LogP contribution in [0.2, 0.25) is 0 Å². The highest BCUT2D eigenvalue weighted by Crippen LogP contribution is 2.24. The number of aromatic nitrogens is 1. The monoisotopic (exact) mass is 346 g/mol. The van der Waals surface area contributed by atoms with E-state index in [4.69, 9.17) is 0 Å². The molecule has 0 aliphatic carbocycles. The van der Waals surface area contributed by atoms with Gasteiger partial charge < -0.3 is 9.67 Å². The number of hydrogen-bond donors (Lipinski definition) is 1. The predicted molar refractivity (Wildman–Crippen MR) is 81.0 cm³/mol. The standard InChI is InChI=1S/C13H16BrNO3S/c1-19(17,18)6-2-5-15-12(9-16)8-10-7-11(14)3-4-13(10)15/h3-4,7-8,16H,2,5-6,9H2,1H3/p+1. The molecule has 0 saturated heterocycles. The molecule has 0 radical (unpaired) electrons. The first-order valence-corrected chi connectivity index (χ1v) is 8.87. The van der Waals surface area contributed by atoms with Crippen molar-refractivity contribution in [2.45, 2.75) is 19.6 Å². The van der Waals surface area contributed by atoms with Crippen molar-refractivity contribution < 1.29 is 13.5 Å². The zero-order valence-electron chi connectivity index (χ0n) is 10.7. The third-order valence-electron chi connectivity index (χ3n) is 3.02. The van der Waals surface area contributed by atoms with E-state index in [1.54, 1.807) is 0 Å². The summed E-state index contributed by atoms with van der Waals surface area (Å²) in [5.41, 5.74) is 1.86. The largest absolute Gasteiger partial charge is 0.390 e. The van der Waals surface area contributed by atoms with Crippen LogP contribution in [-0.2, 0) is 23.0 Å². The summed E-state index contributed by atoms with van der Waals surface area (Å²) in [4.78, 5) is 0. The van der Waals surface area contributed by atoms with E-state index >= 15 is 0 Å². The van der Waals surface area contributed by atoms with Crippen LogP contribution in [0.3, 0.4) is 0 Å². The summed E-state index contributed by atoms with van der Waals surface area (Å²) in [5.74, 6) is 0.272. The molecule has 1 aromatic heterocycles. The molecule has 2 N–H and O–H groups in total. The number of aliphatic hydroxyl groups is 1. The van der Waals surface area contributed by atoms with Crippen molar-refractivity contribution in [3.8, 4) is 0 Å². The lowest BCUT2D eigenvalue weighted by Gasteiger charge is -2.08. The smallest absolute Gasteiger partial charge is 0.270 e. The number of hydrogen-bond acceptors (Lipinski definition) is 2. The van der Waals surface area contributed by atoms with E-state index in [2.05, 4.69) is 15.9 Å². The third-order valence-corrected chi connectivity index (χ3v) is 4.56. The Balaban J connectivity index is 2.30. The van der Waals surface area contributed by atoms with Gasteiger partial charge >= 0.3 is 0 Å². The van der Waals surface area contributed by atoms with Crippen LogP contribution < -0.4 is 0 Å². The van der Waals surface area contributed by atoms with Crippen LogP contribution in [-0.4, -0.2) is 30.1 Å². The third kappa shape index (κ3) is 3.58. The van der Waals surface area contributed by atoms with Gasteiger partial charge in [0.05, 0.1) is 18.6 Å². The zero-order chi connectivity index (χ0) is 14.0. The van der Waals surface area contributed by atoms with Crippen LogP contribution in [0.4, 0.5) is 0 Å². The van der Waals surface area contributed by atoms with Gasteiger partial charge in [0.25, 0.3) is 9.84 Å². The number of rotatable bonds is 5. The maximum atomic E-state index is 11.3. The first-order chi connectivity index (χ1) is 8.90. The highest BCUT2D eigenvalue weighted by atomic mass is 79.9.